The Morgan fingerprint density at radius 2 is 1.02 bits per heavy atom. The Hall–Kier alpha value is -7.07. The fraction of sp³-hybridized carbons (Fsp3) is 0.524. The number of methoxy groups -OCH3 is 1. The number of aliphatic hydroxyl groups excluding tert-OH is 4. The van der Waals surface area contributed by atoms with Crippen LogP contribution >= 0.6 is 39.1 Å². The fourth-order valence-corrected chi connectivity index (χ4v) is 16.4. The second kappa shape index (κ2) is 26.4. The summed E-state index contributed by atoms with van der Waals surface area (Å²) < 4.78 is 171. The van der Waals surface area contributed by atoms with Crippen LogP contribution in [0.4, 0.5) is 32.4 Å². The number of rotatable bonds is 25. The monoisotopic (exact) mass is 1510 g/mol. The molecule has 12 heterocycles. The maximum absolute atomic E-state index is 15.6. The molecule has 0 bridgehead atoms. The van der Waals surface area contributed by atoms with E-state index in [1.165, 1.54) is 7.05 Å². The van der Waals surface area contributed by atoms with Crippen molar-refractivity contribution in [1.82, 2.24) is 73.1 Å². The number of halogens is 2. The number of nitrogens with one attached hydrogen (secondary N) is 3. The number of aromatic nitrogens is 16. The third kappa shape index (κ3) is 14.1. The first-order valence-electron chi connectivity index (χ1n) is 27.7. The number of fused-ring (bicyclic) bond motifs is 4. The van der Waals surface area contributed by atoms with Crippen LogP contribution in [-0.2, 0) is 89.3 Å². The molecule has 0 aromatic carbocycles. The highest BCUT2D eigenvalue weighted by atomic mass is 31.3. The van der Waals surface area contributed by atoms with Gasteiger partial charge in [-0.3, -0.25) is 74.7 Å². The van der Waals surface area contributed by atoms with Gasteiger partial charge in [0.25, 0.3) is 36.3 Å². The Kier molecular flexibility index (Phi) is 19.1. The molecular weight excluding hydrogens is 1460 g/mol. The normalized spacial score (nSPS) is 30.3. The molecule has 19 N–H and O–H groups in total. The number of nitrogens with two attached hydrogens (primary N) is 4. The molecule has 99 heavy (non-hydrogen) atoms. The van der Waals surface area contributed by atoms with E-state index in [0.29, 0.717) is 4.57 Å². The first-order valence-corrected chi connectivity index (χ1v) is 35.2. The van der Waals surface area contributed by atoms with Crippen LogP contribution in [0.1, 0.15) is 24.9 Å². The summed E-state index contributed by atoms with van der Waals surface area (Å²) in [5.41, 5.74) is 18.3. The van der Waals surface area contributed by atoms with E-state index in [0.717, 1.165) is 57.0 Å². The number of ether oxygens (including phenoxy) is 5. The Morgan fingerprint density at radius 1 is 0.566 bits per heavy atom. The zero-order chi connectivity index (χ0) is 71.5. The molecule has 57 heteroatoms. The van der Waals surface area contributed by atoms with Crippen LogP contribution < -0.4 is 49.1 Å². The van der Waals surface area contributed by atoms with E-state index in [1.54, 1.807) is 0 Å². The van der Waals surface area contributed by atoms with E-state index in [2.05, 4.69) is 68.0 Å². The number of alkyl halides is 2. The molecule has 0 aliphatic carbocycles. The summed E-state index contributed by atoms with van der Waals surface area (Å²) in [5, 5.41) is 44.3. The van der Waals surface area contributed by atoms with Crippen molar-refractivity contribution in [2.24, 2.45) is 7.05 Å². The van der Waals surface area contributed by atoms with E-state index in [-0.39, 0.29) is 50.8 Å². The smallest absolute Gasteiger partial charge is 0.478 e. The van der Waals surface area contributed by atoms with Gasteiger partial charge in [-0.15, -0.1) is 0 Å². The minimum Gasteiger partial charge on any atom is -0.756 e. The van der Waals surface area contributed by atoms with E-state index in [9.17, 15) is 82.1 Å². The summed E-state index contributed by atoms with van der Waals surface area (Å²) in [7, 11) is -28.4. The Morgan fingerprint density at radius 3 is 1.59 bits per heavy atom. The van der Waals surface area contributed by atoms with Gasteiger partial charge >= 0.3 is 42.8 Å². The molecule has 0 saturated carbocycles. The van der Waals surface area contributed by atoms with E-state index >= 15 is 8.78 Å². The van der Waals surface area contributed by atoms with Crippen LogP contribution in [0, 0.1) is 0 Å². The van der Waals surface area contributed by atoms with Gasteiger partial charge in [-0.2, -0.15) is 28.3 Å². The lowest BCUT2D eigenvalue weighted by molar-refractivity contribution is -0.646. The van der Waals surface area contributed by atoms with Crippen molar-refractivity contribution < 1.29 is 141 Å². The molecule has 4 saturated heterocycles. The van der Waals surface area contributed by atoms with Crippen LogP contribution in [0.25, 0.3) is 44.7 Å². The average molecular weight is 1510 g/mol. The summed E-state index contributed by atoms with van der Waals surface area (Å²) in [4.78, 5) is 133. The molecular formula is C42H53F2N20O30P5. The van der Waals surface area contributed by atoms with E-state index < -0.39 is 198 Å². The number of aryl methyl sites for hydroxylation is 1. The zero-order valence-corrected chi connectivity index (χ0v) is 54.0. The molecule has 540 valence electrons. The van der Waals surface area contributed by atoms with Crippen molar-refractivity contribution in [2.75, 3.05) is 56.5 Å². The highest BCUT2D eigenvalue weighted by molar-refractivity contribution is 7.66. The molecule has 0 radical (unpaired) electrons. The minimum absolute atomic E-state index is 0.0631. The first kappa shape index (κ1) is 71.7. The van der Waals surface area contributed by atoms with Crippen molar-refractivity contribution in [3.05, 3.63) is 62.7 Å². The number of nitrogens with zero attached hydrogens (tertiary/aromatic N) is 13. The standard InChI is InChI=1S/C42H53F2N20O30P5/c1-60-11-64(31-19(60)34(71)59-41(48)56-31)38-42(43,44)26(68)15(90-38)6-86-98(78,79)94-99(80,81)93-97(76,77)85-5-14-24(25(82-2)37(89-14)61-8-51-16-27(45)49-7-50-28(16)61)92-96(74,75)84-4-13-23(22(67)36(88-13)63-10-53-18-30(63)55-40(47)58-33(18)70)91-95(72,73)83-3-12-20(65)21(66)35(87-12)62-9-52-17-29(62)54-39(46)57-32(17)69/h7-15,20-26,35-38,65-68H,3-6H2,1-2H3,(H15-,45,46,47,48,49,50,54,55,56,57,58,59,69,70,71,72,73,74,75,76,77,78,79,80,81). The van der Waals surface area contributed by atoms with Gasteiger partial charge in [0, 0.05) is 7.11 Å². The zero-order valence-electron chi connectivity index (χ0n) is 49.5. The largest absolute Gasteiger partial charge is 0.756 e. The van der Waals surface area contributed by atoms with Crippen LogP contribution in [0.3, 0.4) is 0 Å². The maximum Gasteiger partial charge on any atom is 0.478 e. The number of nitrogen functional groups attached to an aromatic ring is 4. The van der Waals surface area contributed by atoms with Gasteiger partial charge in [-0.1, -0.05) is 0 Å². The van der Waals surface area contributed by atoms with Crippen LogP contribution in [0.5, 0.6) is 0 Å². The molecule has 4 aliphatic rings. The Balaban J connectivity index is 0.742. The maximum atomic E-state index is 15.6. The van der Waals surface area contributed by atoms with Gasteiger partial charge in [0.2, 0.25) is 24.2 Å². The molecule has 0 spiro atoms. The van der Waals surface area contributed by atoms with Crippen molar-refractivity contribution in [1.29, 1.82) is 0 Å². The van der Waals surface area contributed by atoms with Crippen LogP contribution in [-0.4, -0.2) is 220 Å². The summed E-state index contributed by atoms with van der Waals surface area (Å²) >= 11 is 0. The number of H-pyrrole nitrogens is 3. The Bertz CT molecular complexity index is 4890. The average Bonchev–Trinajstić information content (AvgIpc) is 1.60. The van der Waals surface area contributed by atoms with Gasteiger partial charge < -0.3 is 91.5 Å². The number of aliphatic hydroxyl groups is 4. The molecule has 8 aromatic rings. The predicted molar refractivity (Wildman–Crippen MR) is 309 cm³/mol. The number of anilines is 4. The topological polar surface area (TPSA) is 720 Å². The molecule has 4 fully saturated rings. The van der Waals surface area contributed by atoms with Gasteiger partial charge in [-0.05, 0) is 0 Å². The molecule has 0 amide bonds. The van der Waals surface area contributed by atoms with Gasteiger partial charge in [0.1, 0.15) is 72.9 Å². The third-order valence-corrected chi connectivity index (χ3v) is 21.4. The number of hydrogen-bond donors (Lipinski definition) is 15. The second-order valence-electron chi connectivity index (χ2n) is 21.7. The summed E-state index contributed by atoms with van der Waals surface area (Å²) in [6, 6.07) is 0. The quantitative estimate of drug-likeness (QED) is 0.0187. The van der Waals surface area contributed by atoms with Crippen molar-refractivity contribution in [3.8, 4) is 0 Å². The number of phosphoric acid groups is 5. The van der Waals surface area contributed by atoms with Crippen molar-refractivity contribution in [3.63, 3.8) is 0 Å². The molecule has 50 nitrogen and oxygen atoms in total. The van der Waals surface area contributed by atoms with E-state index in [4.69, 9.17) is 69.2 Å². The van der Waals surface area contributed by atoms with E-state index in [1.807, 2.05) is 0 Å². The van der Waals surface area contributed by atoms with Crippen LogP contribution in [0.15, 0.2) is 46.0 Å². The van der Waals surface area contributed by atoms with Gasteiger partial charge in [-0.25, -0.2) is 56.4 Å². The molecule has 8 aromatic heterocycles. The van der Waals surface area contributed by atoms with Gasteiger partial charge in [0.05, 0.1) is 52.5 Å². The van der Waals surface area contributed by atoms with Crippen LogP contribution in [0.2, 0.25) is 0 Å². The third-order valence-electron chi connectivity index (χ3n) is 15.3. The summed E-state index contributed by atoms with van der Waals surface area (Å²) in [5.74, 6) is -5.84. The highest BCUT2D eigenvalue weighted by Crippen LogP contribution is 2.66. The fourth-order valence-electron chi connectivity index (χ4n) is 11.0. The summed E-state index contributed by atoms with van der Waals surface area (Å²) in [6.45, 7) is -5.46. The minimum atomic E-state index is -6.69. The predicted octanol–water partition coefficient (Wildman–Crippen LogP) is -5.59. The second-order valence-corrected chi connectivity index (χ2v) is 29.1. The number of phosphoric ester groups is 4. The lowest BCUT2D eigenvalue weighted by Gasteiger charge is -2.28. The molecule has 4 aliphatic heterocycles. The van der Waals surface area contributed by atoms with Crippen molar-refractivity contribution >= 4 is 107 Å². The lowest BCUT2D eigenvalue weighted by Crippen LogP contribution is -2.39. The highest BCUT2D eigenvalue weighted by Gasteiger charge is 2.63. The SMILES string of the molecule is COC1C(OP(=O)(O)OCC2OC(n3cnc4c(=O)[nH]c(N)nc43)C(O)C2OP(=O)(O)OCC2OC(n3cnc4c(=O)[nH]c(N)nc43)C(O)C2O)C(COP(=O)(O)OP(=O)([O-])OP(=O)(O)OCC2OC(n3c[n+](C)c4c(=O)[nH]c(N)nc43)C(F)(F)C2O)OC1n1cnc2c(N)ncnc21. The first-order chi connectivity index (χ1) is 46.4. The molecule has 20 atom stereocenters. The van der Waals surface area contributed by atoms with Crippen molar-refractivity contribution in [2.45, 2.75) is 98.0 Å². The number of hydrogen-bond acceptors (Lipinski definition) is 38. The number of imidazole rings is 4. The number of aromatic amines is 3. The summed E-state index contributed by atoms with van der Waals surface area (Å²) in [6.07, 6.45) is -25.8. The van der Waals surface area contributed by atoms with Gasteiger partial charge in [0.15, 0.2) is 58.6 Å². The lowest BCUT2D eigenvalue weighted by atomic mass is 10.1. The molecule has 20 unspecified atom stereocenters. The Labute approximate surface area is 543 Å². The molecule has 12 rings (SSSR count).